The van der Waals surface area contributed by atoms with E-state index in [1.54, 1.807) is 0 Å². The second-order valence-corrected chi connectivity index (χ2v) is 3.30. The number of nitrogens with two attached hydrogens (primary N) is 1. The van der Waals surface area contributed by atoms with Crippen LogP contribution in [0.25, 0.3) is 0 Å². The Kier molecular flexibility index (Phi) is 3.53. The molecule has 72 valence electrons. The Labute approximate surface area is 78.5 Å². The van der Waals surface area contributed by atoms with Crippen LogP contribution in [-0.4, -0.2) is 28.7 Å². The van der Waals surface area contributed by atoms with E-state index in [1.165, 1.54) is 30.0 Å². The van der Waals surface area contributed by atoms with Gasteiger partial charge in [-0.25, -0.2) is 5.84 Å². The van der Waals surface area contributed by atoms with Crippen LogP contribution < -0.4 is 5.84 Å². The van der Waals surface area contributed by atoms with Gasteiger partial charge in [0.05, 0.1) is 5.60 Å². The van der Waals surface area contributed by atoms with Gasteiger partial charge in [-0.05, 0) is 24.8 Å². The summed E-state index contributed by atoms with van der Waals surface area (Å²) in [6, 6.07) is 0. The highest BCUT2D eigenvalue weighted by Gasteiger charge is 2.27. The number of hydrogen-bond donors (Lipinski definition) is 3. The molecule has 5 heteroatoms. The third-order valence-electron chi connectivity index (χ3n) is 2.04. The fourth-order valence-electron chi connectivity index (χ4n) is 1.13. The van der Waals surface area contributed by atoms with Crippen LogP contribution in [0.3, 0.4) is 0 Å². The van der Waals surface area contributed by atoms with Crippen LogP contribution in [0.5, 0.6) is 0 Å². The zero-order chi connectivity index (χ0) is 9.84. The van der Waals surface area contributed by atoms with Crippen molar-refractivity contribution in [2.24, 2.45) is 11.8 Å². The summed E-state index contributed by atoms with van der Waals surface area (Å²) in [7, 11) is -1.53. The first-order valence-corrected chi connectivity index (χ1v) is 4.36. The Balaban J connectivity index is 2.51. The molecule has 0 spiro atoms. The fraction of sp³-hybridized carbons (Fsp3) is 0.500. The molecule has 1 saturated carbocycles. The van der Waals surface area contributed by atoms with Crippen molar-refractivity contribution >= 4 is 7.12 Å². The van der Waals surface area contributed by atoms with Crippen LogP contribution in [0.15, 0.2) is 24.3 Å². The Morgan fingerprint density at radius 1 is 1.62 bits per heavy atom. The highest BCUT2D eigenvalue weighted by Crippen LogP contribution is 2.29. The zero-order valence-electron chi connectivity index (χ0n) is 7.56. The van der Waals surface area contributed by atoms with Crippen LogP contribution in [0.2, 0.25) is 0 Å². The van der Waals surface area contributed by atoms with Crippen molar-refractivity contribution in [1.82, 2.24) is 5.01 Å². The molecule has 1 aliphatic carbocycles. The predicted molar refractivity (Wildman–Crippen MR) is 52.1 cm³/mol. The maximum Gasteiger partial charge on any atom is 0.507 e. The smallest absolute Gasteiger partial charge is 0.422 e. The highest BCUT2D eigenvalue weighted by molar-refractivity contribution is 6.50. The van der Waals surface area contributed by atoms with Crippen LogP contribution >= 0.6 is 0 Å². The Bertz CT molecular complexity index is 214. The standard InChI is InChI=1S/C8H15BN2O2/c1-2-3-8(9(12)13)11(10)6-7-4-5-7/h2-3,7,12-13H,1,4-6,10H2/b8-3-. The molecule has 0 radical (unpaired) electrons. The number of rotatable bonds is 5. The fourth-order valence-corrected chi connectivity index (χ4v) is 1.13. The summed E-state index contributed by atoms with van der Waals surface area (Å²) in [6.45, 7) is 4.16. The molecule has 0 unspecified atom stereocenters. The molecule has 0 heterocycles. The quantitative estimate of drug-likeness (QED) is 0.235. The van der Waals surface area contributed by atoms with Gasteiger partial charge in [0.1, 0.15) is 0 Å². The predicted octanol–water partition coefficient (Wildman–Crippen LogP) is -0.346. The lowest BCUT2D eigenvalue weighted by atomic mass is 9.85. The van der Waals surface area contributed by atoms with Gasteiger partial charge in [0, 0.05) is 6.54 Å². The molecule has 0 atom stereocenters. The van der Waals surface area contributed by atoms with E-state index in [9.17, 15) is 0 Å². The Morgan fingerprint density at radius 2 is 2.23 bits per heavy atom. The molecule has 0 bridgehead atoms. The Morgan fingerprint density at radius 3 is 2.62 bits per heavy atom. The molecule has 4 nitrogen and oxygen atoms in total. The summed E-state index contributed by atoms with van der Waals surface area (Å²) in [4.78, 5) is 0. The molecule has 0 aromatic carbocycles. The topological polar surface area (TPSA) is 69.7 Å². The van der Waals surface area contributed by atoms with E-state index in [0.29, 0.717) is 18.1 Å². The summed E-state index contributed by atoms with van der Waals surface area (Å²) in [5.41, 5.74) is 0.293. The normalized spacial score (nSPS) is 17.0. The van der Waals surface area contributed by atoms with Crippen LogP contribution in [0.1, 0.15) is 12.8 Å². The highest BCUT2D eigenvalue weighted by atomic mass is 16.4. The van der Waals surface area contributed by atoms with E-state index in [4.69, 9.17) is 15.9 Å². The minimum atomic E-state index is -1.53. The van der Waals surface area contributed by atoms with E-state index >= 15 is 0 Å². The summed E-state index contributed by atoms with van der Waals surface area (Å²) >= 11 is 0. The van der Waals surface area contributed by atoms with Gasteiger partial charge in [0.15, 0.2) is 0 Å². The van der Waals surface area contributed by atoms with E-state index in [-0.39, 0.29) is 0 Å². The maximum atomic E-state index is 8.96. The lowest BCUT2D eigenvalue weighted by Crippen LogP contribution is -2.39. The summed E-state index contributed by atoms with van der Waals surface area (Å²) in [5, 5.41) is 19.3. The van der Waals surface area contributed by atoms with Crippen molar-refractivity contribution in [2.75, 3.05) is 6.54 Å². The molecule has 0 aromatic heterocycles. The molecule has 1 rings (SSSR count). The first kappa shape index (κ1) is 10.3. The van der Waals surface area contributed by atoms with E-state index in [1.807, 2.05) is 0 Å². The SMILES string of the molecule is C=C/C=C(/B(O)O)N(N)CC1CC1. The van der Waals surface area contributed by atoms with Gasteiger partial charge >= 0.3 is 7.12 Å². The minimum absolute atomic E-state index is 0.293. The van der Waals surface area contributed by atoms with Gasteiger partial charge in [0.25, 0.3) is 0 Å². The second-order valence-electron chi connectivity index (χ2n) is 3.30. The van der Waals surface area contributed by atoms with E-state index in [0.717, 1.165) is 0 Å². The van der Waals surface area contributed by atoms with Crippen molar-refractivity contribution in [3.63, 3.8) is 0 Å². The summed E-state index contributed by atoms with van der Waals surface area (Å²) < 4.78 is 0. The van der Waals surface area contributed by atoms with Gasteiger partial charge in [-0.3, -0.25) is 0 Å². The molecule has 1 fully saturated rings. The maximum absolute atomic E-state index is 8.96. The van der Waals surface area contributed by atoms with E-state index < -0.39 is 7.12 Å². The Hall–Kier alpha value is -0.775. The lowest BCUT2D eigenvalue weighted by molar-refractivity contribution is 0.324. The minimum Gasteiger partial charge on any atom is -0.422 e. The zero-order valence-corrected chi connectivity index (χ0v) is 7.56. The summed E-state index contributed by atoms with van der Waals surface area (Å²) in [5.74, 6) is 6.25. The molecular formula is C8H15BN2O2. The lowest BCUT2D eigenvalue weighted by Gasteiger charge is -2.20. The third kappa shape index (κ3) is 3.22. The average molecular weight is 182 g/mol. The number of nitrogens with zero attached hydrogens (tertiary/aromatic N) is 1. The molecule has 0 aromatic rings. The van der Waals surface area contributed by atoms with Gasteiger partial charge in [-0.1, -0.05) is 12.7 Å². The molecule has 4 N–H and O–H groups in total. The first-order chi connectivity index (χ1) is 6.15. The summed E-state index contributed by atoms with van der Waals surface area (Å²) in [6.07, 6.45) is 5.35. The van der Waals surface area contributed by atoms with E-state index in [2.05, 4.69) is 6.58 Å². The third-order valence-corrected chi connectivity index (χ3v) is 2.04. The number of allylic oxidation sites excluding steroid dienone is 2. The molecule has 0 aliphatic heterocycles. The van der Waals surface area contributed by atoms with Gasteiger partial charge in [-0.15, -0.1) is 0 Å². The first-order valence-electron chi connectivity index (χ1n) is 4.36. The largest absolute Gasteiger partial charge is 0.507 e. The van der Waals surface area contributed by atoms with Gasteiger partial charge < -0.3 is 15.1 Å². The molecule has 1 aliphatic rings. The van der Waals surface area contributed by atoms with Gasteiger partial charge in [-0.2, -0.15) is 0 Å². The van der Waals surface area contributed by atoms with Crippen molar-refractivity contribution in [1.29, 1.82) is 0 Å². The van der Waals surface area contributed by atoms with Crippen molar-refractivity contribution in [3.05, 3.63) is 24.3 Å². The van der Waals surface area contributed by atoms with Crippen LogP contribution in [0, 0.1) is 5.92 Å². The monoisotopic (exact) mass is 182 g/mol. The number of hydrazine groups is 1. The van der Waals surface area contributed by atoms with Crippen molar-refractivity contribution in [3.8, 4) is 0 Å². The molecule has 0 amide bonds. The van der Waals surface area contributed by atoms with Crippen LogP contribution in [-0.2, 0) is 0 Å². The van der Waals surface area contributed by atoms with Gasteiger partial charge in [0.2, 0.25) is 0 Å². The van der Waals surface area contributed by atoms with Crippen molar-refractivity contribution < 1.29 is 10.0 Å². The average Bonchev–Trinajstić information content (AvgIpc) is 2.83. The second kappa shape index (κ2) is 4.46. The molecular weight excluding hydrogens is 167 g/mol. The van der Waals surface area contributed by atoms with Crippen molar-refractivity contribution in [2.45, 2.75) is 12.8 Å². The number of hydrogen-bond acceptors (Lipinski definition) is 4. The molecule has 0 saturated heterocycles. The van der Waals surface area contributed by atoms with Crippen LogP contribution in [0.4, 0.5) is 0 Å². The molecule has 13 heavy (non-hydrogen) atoms.